The molecule has 0 radical (unpaired) electrons. The molecule has 0 aliphatic rings. The van der Waals surface area contributed by atoms with Crippen LogP contribution in [0.1, 0.15) is 26.7 Å². The number of amides is 3. The number of nitrogens with two attached hydrogens (primary N) is 1. The van der Waals surface area contributed by atoms with Crippen LogP contribution >= 0.6 is 0 Å². The van der Waals surface area contributed by atoms with E-state index in [-0.39, 0.29) is 11.9 Å². The van der Waals surface area contributed by atoms with Crippen LogP contribution in [0.25, 0.3) is 0 Å². The van der Waals surface area contributed by atoms with Crippen molar-refractivity contribution in [3.05, 3.63) is 0 Å². The number of carbonyl (C=O) groups excluding carboxylic acids is 2. The molecule has 0 saturated heterocycles. The number of carbonyl (C=O) groups is 2. The third kappa shape index (κ3) is 9.26. The highest BCUT2D eigenvalue weighted by atomic mass is 16.2. The molecule has 0 aliphatic carbocycles. The van der Waals surface area contributed by atoms with Gasteiger partial charge in [-0.3, -0.25) is 4.79 Å². The van der Waals surface area contributed by atoms with Crippen LogP contribution in [0.3, 0.4) is 0 Å². The van der Waals surface area contributed by atoms with Crippen molar-refractivity contribution >= 4 is 11.9 Å². The average molecular weight is 232 g/mol. The molecule has 0 spiro atoms. The standard InChI is InChI=1S/C8H18N4O2.C2H6/c1-10-6(7(13)11-2)4-3-5-12-8(9)14;1-2/h6,10H,3-5H2,1-2H3,(H,11,13)(H3,9,12,14);1-2H3/t6-;/m0./s1. The first-order valence-electron chi connectivity index (χ1n) is 5.54. The van der Waals surface area contributed by atoms with E-state index in [2.05, 4.69) is 16.0 Å². The fourth-order valence-electron chi connectivity index (χ4n) is 1.10. The van der Waals surface area contributed by atoms with Gasteiger partial charge in [-0.2, -0.15) is 0 Å². The molecule has 0 rings (SSSR count). The van der Waals surface area contributed by atoms with E-state index in [0.29, 0.717) is 19.4 Å². The smallest absolute Gasteiger partial charge is 0.312 e. The number of likely N-dealkylation sites (N-methyl/N-ethyl adjacent to an activating group) is 2. The largest absolute Gasteiger partial charge is 0.358 e. The Balaban J connectivity index is 0. The Morgan fingerprint density at radius 3 is 2.19 bits per heavy atom. The highest BCUT2D eigenvalue weighted by Crippen LogP contribution is 1.95. The molecule has 0 saturated carbocycles. The second-order valence-corrected chi connectivity index (χ2v) is 2.89. The molecule has 0 fully saturated rings. The molecule has 6 nitrogen and oxygen atoms in total. The zero-order valence-electron chi connectivity index (χ0n) is 10.6. The molecule has 3 amide bonds. The molecule has 0 aromatic carbocycles. The quantitative estimate of drug-likeness (QED) is 0.477. The summed E-state index contributed by atoms with van der Waals surface area (Å²) in [7, 11) is 3.32. The van der Waals surface area contributed by atoms with E-state index >= 15 is 0 Å². The van der Waals surface area contributed by atoms with Gasteiger partial charge >= 0.3 is 6.03 Å². The third-order valence-corrected chi connectivity index (χ3v) is 1.88. The highest BCUT2D eigenvalue weighted by Gasteiger charge is 2.13. The minimum Gasteiger partial charge on any atom is -0.358 e. The maximum absolute atomic E-state index is 11.2. The Kier molecular flexibility index (Phi) is 12.6. The van der Waals surface area contributed by atoms with E-state index in [9.17, 15) is 9.59 Å². The van der Waals surface area contributed by atoms with Crippen LogP contribution in [-0.2, 0) is 4.79 Å². The van der Waals surface area contributed by atoms with Gasteiger partial charge in [-0.05, 0) is 19.9 Å². The summed E-state index contributed by atoms with van der Waals surface area (Å²) in [5, 5.41) is 7.90. The van der Waals surface area contributed by atoms with Crippen molar-refractivity contribution in [1.82, 2.24) is 16.0 Å². The lowest BCUT2D eigenvalue weighted by Crippen LogP contribution is -2.41. The fraction of sp³-hybridized carbons (Fsp3) is 0.800. The molecule has 6 heteroatoms. The van der Waals surface area contributed by atoms with E-state index in [0.717, 1.165) is 0 Å². The summed E-state index contributed by atoms with van der Waals surface area (Å²) in [5.74, 6) is -0.0495. The molecule has 0 aromatic rings. The minimum absolute atomic E-state index is 0.0495. The first-order valence-corrected chi connectivity index (χ1v) is 5.54. The van der Waals surface area contributed by atoms with Crippen molar-refractivity contribution in [3.63, 3.8) is 0 Å². The van der Waals surface area contributed by atoms with E-state index in [4.69, 9.17) is 5.73 Å². The van der Waals surface area contributed by atoms with Crippen molar-refractivity contribution in [2.45, 2.75) is 32.7 Å². The van der Waals surface area contributed by atoms with E-state index in [1.54, 1.807) is 14.1 Å². The second kappa shape index (κ2) is 11.8. The summed E-state index contributed by atoms with van der Waals surface area (Å²) >= 11 is 0. The van der Waals surface area contributed by atoms with Gasteiger partial charge in [0.25, 0.3) is 0 Å². The van der Waals surface area contributed by atoms with Gasteiger partial charge in [0, 0.05) is 13.6 Å². The molecule has 5 N–H and O–H groups in total. The molecule has 16 heavy (non-hydrogen) atoms. The van der Waals surface area contributed by atoms with Gasteiger partial charge in [0.05, 0.1) is 6.04 Å². The number of hydrogen-bond donors (Lipinski definition) is 4. The lowest BCUT2D eigenvalue weighted by atomic mass is 10.1. The van der Waals surface area contributed by atoms with Gasteiger partial charge < -0.3 is 21.7 Å². The summed E-state index contributed by atoms with van der Waals surface area (Å²) in [5.41, 5.74) is 4.88. The van der Waals surface area contributed by atoms with Gasteiger partial charge in [-0.1, -0.05) is 13.8 Å². The van der Waals surface area contributed by atoms with E-state index < -0.39 is 6.03 Å². The maximum Gasteiger partial charge on any atom is 0.312 e. The third-order valence-electron chi connectivity index (χ3n) is 1.88. The normalized spacial score (nSPS) is 10.8. The first-order chi connectivity index (χ1) is 7.61. The Hall–Kier alpha value is -1.30. The van der Waals surface area contributed by atoms with Crippen molar-refractivity contribution < 1.29 is 9.59 Å². The maximum atomic E-state index is 11.2. The number of hydrogen-bond acceptors (Lipinski definition) is 3. The zero-order valence-corrected chi connectivity index (χ0v) is 10.6. The molecule has 0 aromatic heterocycles. The molecular weight excluding hydrogens is 208 g/mol. The van der Waals surface area contributed by atoms with Crippen molar-refractivity contribution in [2.75, 3.05) is 20.6 Å². The lowest BCUT2D eigenvalue weighted by molar-refractivity contribution is -0.122. The predicted octanol–water partition coefficient (Wildman–Crippen LogP) is -0.205. The number of rotatable bonds is 6. The number of nitrogens with one attached hydrogen (secondary N) is 3. The monoisotopic (exact) mass is 232 g/mol. The summed E-state index contributed by atoms with van der Waals surface area (Å²) in [6.07, 6.45) is 1.37. The molecule has 0 bridgehead atoms. The van der Waals surface area contributed by atoms with Crippen LogP contribution < -0.4 is 21.7 Å². The minimum atomic E-state index is -0.536. The lowest BCUT2D eigenvalue weighted by Gasteiger charge is -2.13. The van der Waals surface area contributed by atoms with Crippen LogP contribution in [0.4, 0.5) is 4.79 Å². The molecule has 0 aliphatic heterocycles. The Bertz CT molecular complexity index is 197. The fourth-order valence-corrected chi connectivity index (χ4v) is 1.10. The molecule has 0 heterocycles. The van der Waals surface area contributed by atoms with Crippen LogP contribution in [0.15, 0.2) is 0 Å². The highest BCUT2D eigenvalue weighted by molar-refractivity contribution is 5.81. The Morgan fingerprint density at radius 1 is 1.25 bits per heavy atom. The number of urea groups is 1. The predicted molar refractivity (Wildman–Crippen MR) is 65.1 cm³/mol. The first kappa shape index (κ1) is 17.1. The zero-order chi connectivity index (χ0) is 13.0. The SMILES string of the molecule is CC.CNC(=O)[C@H](CCCNC(N)=O)NC. The van der Waals surface area contributed by atoms with Crippen LogP contribution in [0.5, 0.6) is 0 Å². The van der Waals surface area contributed by atoms with Crippen LogP contribution in [0.2, 0.25) is 0 Å². The van der Waals surface area contributed by atoms with Gasteiger partial charge in [-0.25, -0.2) is 4.79 Å². The van der Waals surface area contributed by atoms with Gasteiger partial charge in [0.15, 0.2) is 0 Å². The van der Waals surface area contributed by atoms with Crippen molar-refractivity contribution in [1.29, 1.82) is 0 Å². The van der Waals surface area contributed by atoms with Crippen LogP contribution in [-0.4, -0.2) is 38.6 Å². The summed E-state index contributed by atoms with van der Waals surface area (Å²) in [4.78, 5) is 21.5. The van der Waals surface area contributed by atoms with Crippen LogP contribution in [0, 0.1) is 0 Å². The average Bonchev–Trinajstić information content (AvgIpc) is 2.30. The van der Waals surface area contributed by atoms with E-state index in [1.165, 1.54) is 0 Å². The topological polar surface area (TPSA) is 96.2 Å². The molecular formula is C10H24N4O2. The molecule has 0 unspecified atom stereocenters. The molecule has 1 atom stereocenters. The van der Waals surface area contributed by atoms with Crippen molar-refractivity contribution in [2.24, 2.45) is 5.73 Å². The Morgan fingerprint density at radius 2 is 1.81 bits per heavy atom. The number of primary amides is 1. The van der Waals surface area contributed by atoms with E-state index in [1.807, 2.05) is 13.8 Å². The molecule has 96 valence electrons. The van der Waals surface area contributed by atoms with Gasteiger partial charge in [-0.15, -0.1) is 0 Å². The summed E-state index contributed by atoms with van der Waals surface area (Å²) < 4.78 is 0. The second-order valence-electron chi connectivity index (χ2n) is 2.89. The van der Waals surface area contributed by atoms with Gasteiger partial charge in [0.1, 0.15) is 0 Å². The summed E-state index contributed by atoms with van der Waals surface area (Å²) in [6, 6.07) is -0.749. The van der Waals surface area contributed by atoms with Crippen molar-refractivity contribution in [3.8, 4) is 0 Å². The Labute approximate surface area is 97.3 Å². The summed E-state index contributed by atoms with van der Waals surface area (Å²) in [6.45, 7) is 4.49. The van der Waals surface area contributed by atoms with Gasteiger partial charge in [0.2, 0.25) is 5.91 Å².